The van der Waals surface area contributed by atoms with Crippen molar-refractivity contribution in [2.75, 3.05) is 0 Å². The quantitative estimate of drug-likeness (QED) is 0.410. The molecule has 0 saturated heterocycles. The Balaban J connectivity index is 2.49. The third kappa shape index (κ3) is 5.77. The molecule has 0 heterocycles. The summed E-state index contributed by atoms with van der Waals surface area (Å²) in [5.41, 5.74) is 2.13. The molecule has 0 amide bonds. The fourth-order valence-electron chi connectivity index (χ4n) is 2.27. The molecule has 0 aliphatic carbocycles. The summed E-state index contributed by atoms with van der Waals surface area (Å²) in [4.78, 5) is 10.7. The Morgan fingerprint density at radius 1 is 1.16 bits per heavy atom. The average Bonchev–Trinajstić information content (AvgIpc) is 2.35. The lowest BCUT2D eigenvalue weighted by atomic mass is 10.0. The summed E-state index contributed by atoms with van der Waals surface area (Å²) >= 11 is 0. The number of carbonyl (C=O) groups is 1. The first kappa shape index (κ1) is 15.5. The van der Waals surface area contributed by atoms with Gasteiger partial charge in [-0.05, 0) is 37.0 Å². The van der Waals surface area contributed by atoms with Crippen molar-refractivity contribution < 1.29 is 14.6 Å². The van der Waals surface area contributed by atoms with Gasteiger partial charge in [-0.2, -0.15) is 0 Å². The van der Waals surface area contributed by atoms with Crippen LogP contribution in [0.4, 0.5) is 4.79 Å². The van der Waals surface area contributed by atoms with E-state index in [1.165, 1.54) is 32.1 Å². The van der Waals surface area contributed by atoms with Crippen molar-refractivity contribution in [3.63, 3.8) is 0 Å². The molecule has 0 aliphatic rings. The van der Waals surface area contributed by atoms with Gasteiger partial charge in [0.05, 0.1) is 0 Å². The topological polar surface area (TPSA) is 46.5 Å². The Morgan fingerprint density at radius 3 is 2.53 bits per heavy atom. The molecule has 1 rings (SSSR count). The van der Waals surface area contributed by atoms with E-state index in [9.17, 15) is 4.79 Å². The predicted molar refractivity (Wildman–Crippen MR) is 76.9 cm³/mol. The standard InChI is InChI=1S/C16H24O3/c1-3-4-5-6-7-8-11-14-13(2)10-9-12-15(14)19-16(17)18/h9-10,12H,3-8,11H2,1-2H3,(H,17,18). The molecule has 0 fully saturated rings. The molecule has 1 N–H and O–H groups in total. The highest BCUT2D eigenvalue weighted by Crippen LogP contribution is 2.24. The number of hydrogen-bond acceptors (Lipinski definition) is 2. The molecule has 1 aromatic rings. The van der Waals surface area contributed by atoms with E-state index in [0.717, 1.165) is 24.0 Å². The van der Waals surface area contributed by atoms with Crippen molar-refractivity contribution >= 4 is 6.16 Å². The van der Waals surface area contributed by atoms with Gasteiger partial charge in [0, 0.05) is 0 Å². The lowest BCUT2D eigenvalue weighted by Gasteiger charge is -2.11. The van der Waals surface area contributed by atoms with E-state index >= 15 is 0 Å². The minimum Gasteiger partial charge on any atom is -0.449 e. The Labute approximate surface area is 115 Å². The number of rotatable bonds is 8. The molecule has 0 spiro atoms. The fourth-order valence-corrected chi connectivity index (χ4v) is 2.27. The maximum Gasteiger partial charge on any atom is 0.511 e. The SMILES string of the molecule is CCCCCCCCc1c(C)cccc1OC(=O)O. The summed E-state index contributed by atoms with van der Waals surface area (Å²) in [5.74, 6) is 0.487. The Kier molecular flexibility index (Phi) is 7.01. The highest BCUT2D eigenvalue weighted by atomic mass is 16.7. The van der Waals surface area contributed by atoms with Gasteiger partial charge < -0.3 is 9.84 Å². The van der Waals surface area contributed by atoms with Crippen LogP contribution < -0.4 is 4.74 Å². The van der Waals surface area contributed by atoms with Crippen LogP contribution in [0.1, 0.15) is 56.6 Å². The summed E-state index contributed by atoms with van der Waals surface area (Å²) < 4.78 is 4.84. The number of carboxylic acid groups (broad SMARTS) is 1. The van der Waals surface area contributed by atoms with Gasteiger partial charge in [0.25, 0.3) is 0 Å². The predicted octanol–water partition coefficient (Wildman–Crippen LogP) is 4.95. The third-order valence-electron chi connectivity index (χ3n) is 3.34. The monoisotopic (exact) mass is 264 g/mol. The van der Waals surface area contributed by atoms with Crippen molar-refractivity contribution in [3.05, 3.63) is 29.3 Å². The van der Waals surface area contributed by atoms with Gasteiger partial charge in [-0.1, -0.05) is 51.2 Å². The summed E-state index contributed by atoms with van der Waals surface area (Å²) in [6.45, 7) is 4.21. The van der Waals surface area contributed by atoms with Gasteiger partial charge in [-0.25, -0.2) is 4.79 Å². The first-order chi connectivity index (χ1) is 9.15. The largest absolute Gasteiger partial charge is 0.511 e. The average molecular weight is 264 g/mol. The molecule has 106 valence electrons. The molecule has 3 heteroatoms. The molecule has 0 radical (unpaired) electrons. The number of benzene rings is 1. The van der Waals surface area contributed by atoms with E-state index in [2.05, 4.69) is 6.92 Å². The second-order valence-electron chi connectivity index (χ2n) is 4.94. The second-order valence-corrected chi connectivity index (χ2v) is 4.94. The third-order valence-corrected chi connectivity index (χ3v) is 3.34. The van der Waals surface area contributed by atoms with Gasteiger partial charge in [-0.3, -0.25) is 0 Å². The van der Waals surface area contributed by atoms with E-state index in [0.29, 0.717) is 5.75 Å². The van der Waals surface area contributed by atoms with Crippen LogP contribution in [-0.2, 0) is 6.42 Å². The highest BCUT2D eigenvalue weighted by Gasteiger charge is 2.09. The van der Waals surface area contributed by atoms with Crippen molar-refractivity contribution in [1.82, 2.24) is 0 Å². The van der Waals surface area contributed by atoms with Crippen molar-refractivity contribution in [1.29, 1.82) is 0 Å². The van der Waals surface area contributed by atoms with Crippen LogP contribution in [0.3, 0.4) is 0 Å². The van der Waals surface area contributed by atoms with Crippen molar-refractivity contribution in [2.45, 2.75) is 58.8 Å². The molecular formula is C16H24O3. The van der Waals surface area contributed by atoms with E-state index in [4.69, 9.17) is 9.84 Å². The summed E-state index contributed by atoms with van der Waals surface area (Å²) in [6.07, 6.45) is 7.05. The first-order valence-corrected chi connectivity index (χ1v) is 7.14. The maximum atomic E-state index is 10.7. The zero-order valence-electron chi connectivity index (χ0n) is 11.9. The number of aryl methyl sites for hydroxylation is 1. The zero-order valence-corrected chi connectivity index (χ0v) is 11.9. The molecule has 0 unspecified atom stereocenters. The highest BCUT2D eigenvalue weighted by molar-refractivity contribution is 5.62. The van der Waals surface area contributed by atoms with E-state index in [1.54, 1.807) is 6.07 Å². The lowest BCUT2D eigenvalue weighted by Crippen LogP contribution is -2.06. The second kappa shape index (κ2) is 8.57. The Morgan fingerprint density at radius 2 is 1.84 bits per heavy atom. The number of ether oxygens (including phenoxy) is 1. The normalized spacial score (nSPS) is 10.4. The minimum absolute atomic E-state index is 0.487. The van der Waals surface area contributed by atoms with Crippen LogP contribution in [0, 0.1) is 6.92 Å². The zero-order chi connectivity index (χ0) is 14.1. The van der Waals surface area contributed by atoms with Crippen LogP contribution in [0.25, 0.3) is 0 Å². The number of hydrogen-bond donors (Lipinski definition) is 1. The van der Waals surface area contributed by atoms with Crippen LogP contribution in [0.5, 0.6) is 5.75 Å². The summed E-state index contributed by atoms with van der Waals surface area (Å²) in [5, 5.41) is 8.73. The van der Waals surface area contributed by atoms with Crippen LogP contribution >= 0.6 is 0 Å². The van der Waals surface area contributed by atoms with Crippen molar-refractivity contribution in [3.8, 4) is 5.75 Å². The molecular weight excluding hydrogens is 240 g/mol. The van der Waals surface area contributed by atoms with Crippen LogP contribution in [-0.4, -0.2) is 11.3 Å². The van der Waals surface area contributed by atoms with Crippen molar-refractivity contribution in [2.24, 2.45) is 0 Å². The summed E-state index contributed by atoms with van der Waals surface area (Å²) in [7, 11) is 0. The lowest BCUT2D eigenvalue weighted by molar-refractivity contribution is 0.144. The maximum absolute atomic E-state index is 10.7. The first-order valence-electron chi connectivity index (χ1n) is 7.14. The fraction of sp³-hybridized carbons (Fsp3) is 0.562. The molecule has 0 saturated carbocycles. The summed E-state index contributed by atoms with van der Waals surface area (Å²) in [6, 6.07) is 5.56. The van der Waals surface area contributed by atoms with E-state index in [-0.39, 0.29) is 0 Å². The molecule has 19 heavy (non-hydrogen) atoms. The van der Waals surface area contributed by atoms with Gasteiger partial charge in [0.1, 0.15) is 5.75 Å². The van der Waals surface area contributed by atoms with Gasteiger partial charge in [0.2, 0.25) is 0 Å². The van der Waals surface area contributed by atoms with Gasteiger partial charge in [-0.15, -0.1) is 0 Å². The van der Waals surface area contributed by atoms with E-state index in [1.807, 2.05) is 19.1 Å². The number of unbranched alkanes of at least 4 members (excludes halogenated alkanes) is 5. The van der Waals surface area contributed by atoms with Crippen LogP contribution in [0.2, 0.25) is 0 Å². The van der Waals surface area contributed by atoms with Gasteiger partial charge in [0.15, 0.2) is 0 Å². The van der Waals surface area contributed by atoms with Gasteiger partial charge >= 0.3 is 6.16 Å². The van der Waals surface area contributed by atoms with E-state index < -0.39 is 6.16 Å². The smallest absolute Gasteiger partial charge is 0.449 e. The molecule has 3 nitrogen and oxygen atoms in total. The molecule has 0 aliphatic heterocycles. The molecule has 1 aromatic carbocycles. The molecule has 0 bridgehead atoms. The minimum atomic E-state index is -1.24. The van der Waals surface area contributed by atoms with Crippen LogP contribution in [0.15, 0.2) is 18.2 Å². The molecule has 0 atom stereocenters. The Bertz CT molecular complexity index is 399. The Hall–Kier alpha value is -1.51. The molecule has 0 aromatic heterocycles.